The Labute approximate surface area is 179 Å². The second kappa shape index (κ2) is 9.91. The second-order valence-corrected chi connectivity index (χ2v) is 8.18. The molecule has 9 heteroatoms. The molecular formula is C21H18ClN3O4S. The molecule has 3 aromatic carbocycles. The molecule has 154 valence electrons. The molecule has 30 heavy (non-hydrogen) atoms. The zero-order chi connectivity index (χ0) is 21.4. The summed E-state index contributed by atoms with van der Waals surface area (Å²) in [5.41, 5.74) is 1.24. The minimum Gasteiger partial charge on any atom is -0.484 e. The lowest BCUT2D eigenvalue weighted by molar-refractivity contribution is -0.118. The van der Waals surface area contributed by atoms with Gasteiger partial charge in [0.2, 0.25) is 0 Å². The van der Waals surface area contributed by atoms with Gasteiger partial charge in [0, 0.05) is 10.7 Å². The first-order valence-electron chi connectivity index (χ1n) is 8.80. The average molecular weight is 444 g/mol. The maximum absolute atomic E-state index is 12.1. The summed E-state index contributed by atoms with van der Waals surface area (Å²) >= 11 is 5.88. The van der Waals surface area contributed by atoms with Crippen molar-refractivity contribution in [3.05, 3.63) is 89.4 Å². The Kier molecular flexibility index (Phi) is 7.05. The van der Waals surface area contributed by atoms with Crippen LogP contribution in [0.4, 0.5) is 5.69 Å². The molecule has 0 saturated carbocycles. The van der Waals surface area contributed by atoms with E-state index in [0.29, 0.717) is 22.0 Å². The van der Waals surface area contributed by atoms with Gasteiger partial charge >= 0.3 is 0 Å². The number of hydrazone groups is 1. The van der Waals surface area contributed by atoms with Crippen molar-refractivity contribution in [1.29, 1.82) is 0 Å². The molecule has 0 atom stereocenters. The summed E-state index contributed by atoms with van der Waals surface area (Å²) in [5.74, 6) is 0.163. The van der Waals surface area contributed by atoms with Crippen molar-refractivity contribution in [3.63, 3.8) is 0 Å². The molecule has 0 aliphatic carbocycles. The van der Waals surface area contributed by atoms with Crippen LogP contribution >= 0.6 is 11.6 Å². The van der Waals surface area contributed by atoms with Crippen molar-refractivity contribution >= 4 is 39.4 Å². The van der Waals surface area contributed by atoms with Crippen LogP contribution in [0, 0.1) is 0 Å². The Morgan fingerprint density at radius 3 is 2.43 bits per heavy atom. The van der Waals surface area contributed by atoms with Gasteiger partial charge in [-0.25, -0.2) is 4.83 Å². The molecule has 0 radical (unpaired) electrons. The number of nitrogens with one attached hydrogen (secondary N) is 2. The number of hydrogen-bond donors (Lipinski definition) is 2. The van der Waals surface area contributed by atoms with Gasteiger partial charge in [0.15, 0.2) is 6.61 Å². The van der Waals surface area contributed by atoms with E-state index in [2.05, 4.69) is 15.2 Å². The first kappa shape index (κ1) is 21.4. The smallest absolute Gasteiger partial charge is 0.276 e. The number of sulfonamides is 1. The fourth-order valence-corrected chi connectivity index (χ4v) is 3.39. The van der Waals surface area contributed by atoms with Crippen LogP contribution in [-0.2, 0) is 14.8 Å². The molecule has 0 unspecified atom stereocenters. The molecule has 0 aliphatic heterocycles. The summed E-state index contributed by atoms with van der Waals surface area (Å²) in [6.07, 6.45) is 1.37. The topological polar surface area (TPSA) is 96.9 Å². The lowest BCUT2D eigenvalue weighted by Crippen LogP contribution is -2.20. The van der Waals surface area contributed by atoms with E-state index >= 15 is 0 Å². The zero-order valence-corrected chi connectivity index (χ0v) is 17.2. The zero-order valence-electron chi connectivity index (χ0n) is 15.7. The summed E-state index contributed by atoms with van der Waals surface area (Å²) < 4.78 is 29.6. The van der Waals surface area contributed by atoms with E-state index < -0.39 is 10.0 Å². The highest BCUT2D eigenvalue weighted by Crippen LogP contribution is 2.15. The quantitative estimate of drug-likeness (QED) is 0.410. The maximum Gasteiger partial charge on any atom is 0.276 e. The van der Waals surface area contributed by atoms with Gasteiger partial charge in [-0.2, -0.15) is 13.5 Å². The molecule has 0 saturated heterocycles. The largest absolute Gasteiger partial charge is 0.484 e. The Hall–Kier alpha value is -3.36. The van der Waals surface area contributed by atoms with Gasteiger partial charge in [0.1, 0.15) is 5.75 Å². The number of carbonyl (C=O) groups excluding carboxylic acids is 1. The van der Waals surface area contributed by atoms with Gasteiger partial charge in [-0.3, -0.25) is 4.79 Å². The minimum atomic E-state index is -3.71. The van der Waals surface area contributed by atoms with E-state index in [1.54, 1.807) is 66.7 Å². The van der Waals surface area contributed by atoms with Crippen molar-refractivity contribution in [1.82, 2.24) is 4.83 Å². The van der Waals surface area contributed by atoms with Crippen LogP contribution in [0.15, 0.2) is 88.9 Å². The highest BCUT2D eigenvalue weighted by molar-refractivity contribution is 7.89. The number of anilines is 1. The number of rotatable bonds is 8. The van der Waals surface area contributed by atoms with E-state index in [0.717, 1.165) is 0 Å². The summed E-state index contributed by atoms with van der Waals surface area (Å²) in [6, 6.07) is 21.4. The predicted octanol–water partition coefficient (Wildman–Crippen LogP) is 3.67. The third-order valence-electron chi connectivity index (χ3n) is 3.80. The monoisotopic (exact) mass is 443 g/mol. The standard InChI is InChI=1S/C21H18ClN3O4S/c22-17-5-4-6-18(13-17)24-21(26)15-29-19-11-9-16(10-12-19)14-23-25-30(27,28)20-7-2-1-3-8-20/h1-14,25H,15H2,(H,24,26)/b23-14+. The van der Waals surface area contributed by atoms with Crippen LogP contribution in [0.25, 0.3) is 0 Å². The average Bonchev–Trinajstić information content (AvgIpc) is 2.74. The molecule has 1 amide bonds. The van der Waals surface area contributed by atoms with Crippen LogP contribution in [0.3, 0.4) is 0 Å². The van der Waals surface area contributed by atoms with Gasteiger partial charge in [0.05, 0.1) is 11.1 Å². The Bertz CT molecular complexity index is 1130. The number of ether oxygens (including phenoxy) is 1. The number of benzene rings is 3. The van der Waals surface area contributed by atoms with Crippen molar-refractivity contribution in [2.75, 3.05) is 11.9 Å². The third kappa shape index (κ3) is 6.33. The highest BCUT2D eigenvalue weighted by Gasteiger charge is 2.11. The number of nitrogens with zero attached hydrogens (tertiary/aromatic N) is 1. The van der Waals surface area contributed by atoms with Gasteiger partial charge in [-0.05, 0) is 60.2 Å². The Morgan fingerprint density at radius 2 is 1.73 bits per heavy atom. The molecule has 0 aromatic heterocycles. The van der Waals surface area contributed by atoms with E-state index in [4.69, 9.17) is 16.3 Å². The normalized spacial score (nSPS) is 11.2. The number of amides is 1. The minimum absolute atomic E-state index is 0.127. The number of hydrogen-bond acceptors (Lipinski definition) is 5. The van der Waals surface area contributed by atoms with Crippen LogP contribution in [0.2, 0.25) is 5.02 Å². The highest BCUT2D eigenvalue weighted by atomic mass is 35.5. The molecule has 7 nitrogen and oxygen atoms in total. The van der Waals surface area contributed by atoms with Crippen LogP contribution in [0.5, 0.6) is 5.75 Å². The first-order chi connectivity index (χ1) is 14.4. The van der Waals surface area contributed by atoms with Crippen molar-refractivity contribution in [2.24, 2.45) is 5.10 Å². The van der Waals surface area contributed by atoms with Gasteiger partial charge in [0.25, 0.3) is 15.9 Å². The van der Waals surface area contributed by atoms with Crippen LogP contribution in [-0.4, -0.2) is 27.1 Å². The summed E-state index contributed by atoms with van der Waals surface area (Å²) in [4.78, 5) is 14.2. The van der Waals surface area contributed by atoms with Crippen molar-refractivity contribution in [2.45, 2.75) is 4.90 Å². The molecule has 0 fully saturated rings. The summed E-state index contributed by atoms with van der Waals surface area (Å²) in [5, 5.41) is 6.98. The first-order valence-corrected chi connectivity index (χ1v) is 10.7. The van der Waals surface area contributed by atoms with E-state index in [9.17, 15) is 13.2 Å². The third-order valence-corrected chi connectivity index (χ3v) is 5.27. The summed E-state index contributed by atoms with van der Waals surface area (Å²) in [7, 11) is -3.71. The van der Waals surface area contributed by atoms with Gasteiger partial charge < -0.3 is 10.1 Å². The fraction of sp³-hybridized carbons (Fsp3) is 0.0476. The fourth-order valence-electron chi connectivity index (χ4n) is 2.38. The predicted molar refractivity (Wildman–Crippen MR) is 116 cm³/mol. The van der Waals surface area contributed by atoms with Crippen LogP contribution < -0.4 is 14.9 Å². The Morgan fingerprint density at radius 1 is 1.00 bits per heavy atom. The van der Waals surface area contributed by atoms with Crippen molar-refractivity contribution in [3.8, 4) is 5.75 Å². The molecule has 0 spiro atoms. The van der Waals surface area contributed by atoms with Crippen LogP contribution in [0.1, 0.15) is 5.56 Å². The maximum atomic E-state index is 12.1. The number of halogens is 1. The SMILES string of the molecule is O=C(COc1ccc(/C=N/NS(=O)(=O)c2ccccc2)cc1)Nc1cccc(Cl)c1. The number of carbonyl (C=O) groups is 1. The lowest BCUT2D eigenvalue weighted by Gasteiger charge is -2.08. The van der Waals surface area contributed by atoms with E-state index in [1.807, 2.05) is 0 Å². The van der Waals surface area contributed by atoms with E-state index in [-0.39, 0.29) is 17.4 Å². The Balaban J connectivity index is 1.50. The summed E-state index contributed by atoms with van der Waals surface area (Å²) in [6.45, 7) is -0.170. The second-order valence-electron chi connectivity index (χ2n) is 6.08. The lowest BCUT2D eigenvalue weighted by atomic mass is 10.2. The van der Waals surface area contributed by atoms with Crippen molar-refractivity contribution < 1.29 is 17.9 Å². The molecule has 0 aliphatic rings. The molecule has 0 heterocycles. The van der Waals surface area contributed by atoms with Gasteiger partial charge in [-0.1, -0.05) is 35.9 Å². The van der Waals surface area contributed by atoms with Gasteiger partial charge in [-0.15, -0.1) is 0 Å². The molecule has 2 N–H and O–H groups in total. The molecule has 0 bridgehead atoms. The molecular weight excluding hydrogens is 426 g/mol. The van der Waals surface area contributed by atoms with E-state index in [1.165, 1.54) is 18.3 Å². The molecule has 3 aromatic rings. The molecule has 3 rings (SSSR count).